The molecule has 0 radical (unpaired) electrons. The molecule has 176 valence electrons. The van der Waals surface area contributed by atoms with Gasteiger partial charge in [0.05, 0.1) is 11.6 Å². The molecule has 6 nitrogen and oxygen atoms in total. The van der Waals surface area contributed by atoms with Gasteiger partial charge in [-0.25, -0.2) is 0 Å². The summed E-state index contributed by atoms with van der Waals surface area (Å²) in [5.74, 6) is -0.781. The zero-order chi connectivity index (χ0) is 25.2. The van der Waals surface area contributed by atoms with Crippen molar-refractivity contribution in [3.63, 3.8) is 0 Å². The van der Waals surface area contributed by atoms with E-state index in [1.165, 1.54) is 5.56 Å². The van der Waals surface area contributed by atoms with Gasteiger partial charge < -0.3 is 10.6 Å². The van der Waals surface area contributed by atoms with Gasteiger partial charge in [0.25, 0.3) is 5.91 Å². The first-order valence-corrected chi connectivity index (χ1v) is 11.2. The molecule has 0 aromatic heterocycles. The molecular weight excluding hydrogens is 412 g/mol. The van der Waals surface area contributed by atoms with Crippen molar-refractivity contribution in [3.8, 4) is 6.07 Å². The maximum atomic E-state index is 12.4. The minimum absolute atomic E-state index is 0.0138. The molecule has 1 atom stereocenters. The summed E-state index contributed by atoms with van der Waals surface area (Å²) >= 11 is 0. The van der Waals surface area contributed by atoms with Gasteiger partial charge in [0, 0.05) is 11.6 Å². The van der Waals surface area contributed by atoms with E-state index in [0.29, 0.717) is 5.56 Å². The number of benzene rings is 2. The molecule has 6 heteroatoms. The van der Waals surface area contributed by atoms with Crippen LogP contribution in [0.3, 0.4) is 0 Å². The topological polar surface area (TPSA) is 106 Å². The third-order valence-electron chi connectivity index (χ3n) is 4.97. The lowest BCUT2D eigenvalue weighted by molar-refractivity contribution is -0.129. The van der Waals surface area contributed by atoms with Crippen LogP contribution in [-0.4, -0.2) is 29.6 Å². The number of amides is 2. The van der Waals surface area contributed by atoms with Crippen LogP contribution in [0.2, 0.25) is 0 Å². The average Bonchev–Trinajstić information content (AvgIpc) is 2.76. The van der Waals surface area contributed by atoms with Crippen LogP contribution in [0.1, 0.15) is 63.8 Å². The first-order chi connectivity index (χ1) is 15.4. The Morgan fingerprint density at radius 3 is 2.06 bits per heavy atom. The van der Waals surface area contributed by atoms with E-state index in [1.54, 1.807) is 12.1 Å². The Morgan fingerprint density at radius 1 is 1.03 bits per heavy atom. The smallest absolute Gasteiger partial charge is 0.270 e. The normalized spacial score (nSPS) is 11.5. The highest BCUT2D eigenvalue weighted by Crippen LogP contribution is 2.20. The van der Waals surface area contributed by atoms with Crippen molar-refractivity contribution in [2.45, 2.75) is 67.0 Å². The standard InChI is InChI=1S/C18H27N3O2.C9H9N/c1-11(2)20-17(23)15(18(4,5)6)21-16(22)14(19)13-10-8-7-9-12(13)3;1-2-8-3-5-9(7-10)6-4-8/h7-11,15,19H,1-6H3,(H,20,23)(H,21,22);3-6H,2H2,1H3. The van der Waals surface area contributed by atoms with Crippen LogP contribution in [0.15, 0.2) is 48.5 Å². The predicted molar refractivity (Wildman–Crippen MR) is 133 cm³/mol. The van der Waals surface area contributed by atoms with Crippen LogP contribution in [0, 0.1) is 29.1 Å². The van der Waals surface area contributed by atoms with E-state index in [9.17, 15) is 9.59 Å². The van der Waals surface area contributed by atoms with Gasteiger partial charge >= 0.3 is 0 Å². The molecule has 0 fully saturated rings. The number of rotatable bonds is 6. The largest absolute Gasteiger partial charge is 0.352 e. The van der Waals surface area contributed by atoms with E-state index in [1.807, 2.05) is 77.9 Å². The summed E-state index contributed by atoms with van der Waals surface area (Å²) in [6, 6.07) is 16.3. The summed E-state index contributed by atoms with van der Waals surface area (Å²) in [6.07, 6.45) is 1.03. The van der Waals surface area contributed by atoms with E-state index in [2.05, 4.69) is 23.6 Å². The monoisotopic (exact) mass is 448 g/mol. The summed E-state index contributed by atoms with van der Waals surface area (Å²) in [7, 11) is 0. The second-order valence-electron chi connectivity index (χ2n) is 9.29. The molecule has 2 rings (SSSR count). The molecule has 0 saturated carbocycles. The Labute approximate surface area is 197 Å². The first kappa shape index (κ1) is 27.6. The van der Waals surface area contributed by atoms with Gasteiger partial charge in [-0.15, -0.1) is 0 Å². The van der Waals surface area contributed by atoms with E-state index in [0.717, 1.165) is 17.5 Å². The summed E-state index contributed by atoms with van der Waals surface area (Å²) in [5, 5.41) is 22.1. The fraction of sp³-hybridized carbons (Fsp3) is 0.407. The number of nitrogens with one attached hydrogen (secondary N) is 3. The zero-order valence-electron chi connectivity index (χ0n) is 20.7. The second-order valence-corrected chi connectivity index (χ2v) is 9.29. The van der Waals surface area contributed by atoms with E-state index in [-0.39, 0.29) is 17.7 Å². The lowest BCUT2D eigenvalue weighted by Gasteiger charge is -2.31. The fourth-order valence-electron chi connectivity index (χ4n) is 3.04. The molecule has 2 aromatic rings. The van der Waals surface area contributed by atoms with Crippen molar-refractivity contribution in [1.82, 2.24) is 10.6 Å². The van der Waals surface area contributed by atoms with Gasteiger partial charge in [0.15, 0.2) is 0 Å². The number of nitrogens with zero attached hydrogens (tertiary/aromatic N) is 1. The Bertz CT molecular complexity index is 996. The molecule has 3 N–H and O–H groups in total. The Balaban J connectivity index is 0.000000451. The maximum absolute atomic E-state index is 12.4. The van der Waals surface area contributed by atoms with Crippen molar-refractivity contribution >= 4 is 17.5 Å². The third-order valence-corrected chi connectivity index (χ3v) is 4.97. The van der Waals surface area contributed by atoms with Crippen molar-refractivity contribution in [1.29, 1.82) is 10.7 Å². The summed E-state index contributed by atoms with van der Waals surface area (Å²) in [6.45, 7) is 13.3. The van der Waals surface area contributed by atoms with Crippen molar-refractivity contribution in [2.75, 3.05) is 0 Å². The Morgan fingerprint density at radius 2 is 1.61 bits per heavy atom. The second kappa shape index (κ2) is 12.5. The molecule has 0 bridgehead atoms. The van der Waals surface area contributed by atoms with Crippen LogP contribution >= 0.6 is 0 Å². The molecule has 0 aliphatic carbocycles. The predicted octanol–water partition coefficient (Wildman–Crippen LogP) is 4.54. The average molecular weight is 449 g/mol. The molecule has 0 aliphatic rings. The minimum atomic E-state index is -0.707. The van der Waals surface area contributed by atoms with E-state index in [4.69, 9.17) is 10.7 Å². The number of carbonyl (C=O) groups is 2. The molecule has 33 heavy (non-hydrogen) atoms. The Hall–Kier alpha value is -3.46. The SMILES string of the molecule is CCc1ccc(C#N)cc1.Cc1ccccc1C(=N)C(=O)NC(C(=O)NC(C)C)C(C)(C)C. The van der Waals surface area contributed by atoms with Gasteiger partial charge in [-0.05, 0) is 55.9 Å². The van der Waals surface area contributed by atoms with Crippen LogP contribution in [0.5, 0.6) is 0 Å². The van der Waals surface area contributed by atoms with Gasteiger partial charge in [-0.3, -0.25) is 15.0 Å². The first-order valence-electron chi connectivity index (χ1n) is 11.2. The van der Waals surface area contributed by atoms with Crippen LogP contribution in [0.4, 0.5) is 0 Å². The highest BCUT2D eigenvalue weighted by atomic mass is 16.2. The van der Waals surface area contributed by atoms with E-state index >= 15 is 0 Å². The molecular formula is C27H36N4O2. The number of hydrogen-bond donors (Lipinski definition) is 3. The summed E-state index contributed by atoms with van der Waals surface area (Å²) < 4.78 is 0. The van der Waals surface area contributed by atoms with Crippen LogP contribution in [0.25, 0.3) is 0 Å². The van der Waals surface area contributed by atoms with Crippen LogP contribution < -0.4 is 10.6 Å². The summed E-state index contributed by atoms with van der Waals surface area (Å²) in [5.41, 5.74) is 2.85. The third kappa shape index (κ3) is 8.89. The molecule has 0 heterocycles. The van der Waals surface area contributed by atoms with Crippen molar-refractivity contribution in [3.05, 3.63) is 70.8 Å². The maximum Gasteiger partial charge on any atom is 0.270 e. The number of carbonyl (C=O) groups excluding carboxylic acids is 2. The molecule has 0 saturated heterocycles. The zero-order valence-corrected chi connectivity index (χ0v) is 20.7. The minimum Gasteiger partial charge on any atom is -0.352 e. The van der Waals surface area contributed by atoms with Gasteiger partial charge in [-0.2, -0.15) is 5.26 Å². The molecule has 2 amide bonds. The highest BCUT2D eigenvalue weighted by molar-refractivity contribution is 6.44. The molecule has 0 spiro atoms. The van der Waals surface area contributed by atoms with Gasteiger partial charge in [0.2, 0.25) is 5.91 Å². The van der Waals surface area contributed by atoms with Gasteiger partial charge in [-0.1, -0.05) is 64.1 Å². The van der Waals surface area contributed by atoms with Gasteiger partial charge in [0.1, 0.15) is 11.8 Å². The number of hydrogen-bond acceptors (Lipinski definition) is 4. The molecule has 1 unspecified atom stereocenters. The number of nitriles is 1. The lowest BCUT2D eigenvalue weighted by Crippen LogP contribution is -2.56. The fourth-order valence-corrected chi connectivity index (χ4v) is 3.04. The van der Waals surface area contributed by atoms with Crippen molar-refractivity contribution < 1.29 is 9.59 Å². The quantitative estimate of drug-likeness (QED) is 0.565. The molecule has 0 aliphatic heterocycles. The van der Waals surface area contributed by atoms with Crippen molar-refractivity contribution in [2.24, 2.45) is 5.41 Å². The van der Waals surface area contributed by atoms with E-state index < -0.39 is 17.4 Å². The highest BCUT2D eigenvalue weighted by Gasteiger charge is 2.34. The number of aryl methyl sites for hydroxylation is 2. The lowest BCUT2D eigenvalue weighted by atomic mass is 9.85. The molecule has 2 aromatic carbocycles. The summed E-state index contributed by atoms with van der Waals surface area (Å²) in [4.78, 5) is 24.8. The van der Waals surface area contributed by atoms with Crippen LogP contribution in [-0.2, 0) is 16.0 Å². The Kier molecular flexibility index (Phi) is 10.5.